The molecule has 1 aliphatic rings. The van der Waals surface area contributed by atoms with E-state index >= 15 is 0 Å². The van der Waals surface area contributed by atoms with Crippen molar-refractivity contribution in [3.63, 3.8) is 0 Å². The molecule has 3 aromatic rings. The number of ether oxygens (including phenoxy) is 1. The maximum atomic E-state index is 11.5. The zero-order chi connectivity index (χ0) is 20.9. The Labute approximate surface area is 175 Å². The van der Waals surface area contributed by atoms with Crippen LogP contribution in [0.15, 0.2) is 60.7 Å². The molecule has 0 aromatic heterocycles. The van der Waals surface area contributed by atoms with Crippen molar-refractivity contribution in [1.82, 2.24) is 10.2 Å². The van der Waals surface area contributed by atoms with Gasteiger partial charge in [0.1, 0.15) is 18.5 Å². The predicted molar refractivity (Wildman–Crippen MR) is 116 cm³/mol. The standard InChI is InChI=1S/C24H26N2O4/c27-15-18-6-2-4-8-22(18)23-12-20(11-17-5-1-3-7-21(17)23)30-16-19(28)13-26-10-9-25-24(29)14-26/h1-8,11-12,19,27-28H,9-10,13-16H2,(H,25,29). The highest BCUT2D eigenvalue weighted by Gasteiger charge is 2.19. The van der Waals surface area contributed by atoms with E-state index in [9.17, 15) is 15.0 Å². The molecule has 0 saturated carbocycles. The molecule has 1 aliphatic heterocycles. The number of piperazine rings is 1. The van der Waals surface area contributed by atoms with E-state index in [2.05, 4.69) is 11.4 Å². The lowest BCUT2D eigenvalue weighted by Crippen LogP contribution is -2.50. The third kappa shape index (κ3) is 4.62. The van der Waals surface area contributed by atoms with Gasteiger partial charge < -0.3 is 20.3 Å². The number of nitrogens with zero attached hydrogens (tertiary/aromatic N) is 1. The number of β-amino-alcohol motifs (C(OH)–C–C–N with tert-alkyl or cyclic N) is 1. The number of benzene rings is 3. The summed E-state index contributed by atoms with van der Waals surface area (Å²) in [5.41, 5.74) is 2.79. The Morgan fingerprint density at radius 3 is 2.70 bits per heavy atom. The molecule has 1 fully saturated rings. The summed E-state index contributed by atoms with van der Waals surface area (Å²) < 4.78 is 5.94. The van der Waals surface area contributed by atoms with E-state index in [4.69, 9.17) is 4.74 Å². The Hall–Kier alpha value is -2.93. The average Bonchev–Trinajstić information content (AvgIpc) is 2.77. The lowest BCUT2D eigenvalue weighted by Gasteiger charge is -2.28. The van der Waals surface area contributed by atoms with E-state index in [0.29, 0.717) is 25.4 Å². The summed E-state index contributed by atoms with van der Waals surface area (Å²) >= 11 is 0. The van der Waals surface area contributed by atoms with Gasteiger partial charge in [0.05, 0.1) is 13.2 Å². The highest BCUT2D eigenvalue weighted by atomic mass is 16.5. The molecular formula is C24H26N2O4. The zero-order valence-electron chi connectivity index (χ0n) is 16.8. The third-order valence-electron chi connectivity index (χ3n) is 5.34. The SMILES string of the molecule is O=C1CN(CC(O)COc2cc(-c3ccccc3CO)c3ccccc3c2)CCN1. The van der Waals surface area contributed by atoms with Gasteiger partial charge in [-0.05, 0) is 39.6 Å². The lowest BCUT2D eigenvalue weighted by molar-refractivity contribution is -0.124. The maximum absolute atomic E-state index is 11.5. The molecule has 3 aromatic carbocycles. The molecule has 3 N–H and O–H groups in total. The fraction of sp³-hybridized carbons (Fsp3) is 0.292. The van der Waals surface area contributed by atoms with Gasteiger partial charge in [0.15, 0.2) is 0 Å². The molecule has 1 unspecified atom stereocenters. The predicted octanol–water partition coefficient (Wildman–Crippen LogP) is 2.17. The van der Waals surface area contributed by atoms with Gasteiger partial charge in [-0.3, -0.25) is 9.69 Å². The van der Waals surface area contributed by atoms with Crippen molar-refractivity contribution in [3.8, 4) is 16.9 Å². The number of aliphatic hydroxyl groups excluding tert-OH is 2. The Morgan fingerprint density at radius 1 is 1.07 bits per heavy atom. The average molecular weight is 406 g/mol. The van der Waals surface area contributed by atoms with Crippen LogP contribution < -0.4 is 10.1 Å². The van der Waals surface area contributed by atoms with Crippen LogP contribution in [0.2, 0.25) is 0 Å². The van der Waals surface area contributed by atoms with Crippen LogP contribution in [0.25, 0.3) is 21.9 Å². The minimum atomic E-state index is -0.699. The minimum Gasteiger partial charge on any atom is -0.491 e. The van der Waals surface area contributed by atoms with Crippen LogP contribution in [0.5, 0.6) is 5.75 Å². The van der Waals surface area contributed by atoms with E-state index in [1.807, 2.05) is 59.5 Å². The topological polar surface area (TPSA) is 82.0 Å². The van der Waals surface area contributed by atoms with E-state index in [1.54, 1.807) is 0 Å². The fourth-order valence-electron chi connectivity index (χ4n) is 3.90. The Bertz CT molecular complexity index is 1040. The first-order valence-corrected chi connectivity index (χ1v) is 10.2. The Kier molecular flexibility index (Phi) is 6.28. The van der Waals surface area contributed by atoms with Gasteiger partial charge in [-0.15, -0.1) is 0 Å². The summed E-state index contributed by atoms with van der Waals surface area (Å²) in [6.07, 6.45) is -0.699. The Balaban J connectivity index is 1.55. The molecule has 6 nitrogen and oxygen atoms in total. The number of carbonyl (C=O) groups excluding carboxylic acids is 1. The van der Waals surface area contributed by atoms with E-state index < -0.39 is 6.10 Å². The Morgan fingerprint density at radius 2 is 1.87 bits per heavy atom. The van der Waals surface area contributed by atoms with Gasteiger partial charge in [0.25, 0.3) is 0 Å². The quantitative estimate of drug-likeness (QED) is 0.560. The number of hydrogen-bond donors (Lipinski definition) is 3. The molecule has 6 heteroatoms. The van der Waals surface area contributed by atoms with Crippen LogP contribution in [-0.2, 0) is 11.4 Å². The maximum Gasteiger partial charge on any atom is 0.234 e. The van der Waals surface area contributed by atoms with Crippen LogP contribution in [0.3, 0.4) is 0 Å². The van der Waals surface area contributed by atoms with Crippen LogP contribution in [0, 0.1) is 0 Å². The summed E-state index contributed by atoms with van der Waals surface area (Å²) in [6, 6.07) is 19.7. The second kappa shape index (κ2) is 9.26. The highest BCUT2D eigenvalue weighted by molar-refractivity contribution is 5.98. The van der Waals surface area contributed by atoms with Gasteiger partial charge >= 0.3 is 0 Å². The number of rotatable bonds is 7. The van der Waals surface area contributed by atoms with Gasteiger partial charge in [-0.2, -0.15) is 0 Å². The molecule has 1 saturated heterocycles. The summed E-state index contributed by atoms with van der Waals surface area (Å²) in [6.45, 7) is 2.11. The molecular weight excluding hydrogens is 380 g/mol. The monoisotopic (exact) mass is 406 g/mol. The molecule has 0 radical (unpaired) electrons. The zero-order valence-corrected chi connectivity index (χ0v) is 16.8. The molecule has 0 aliphatic carbocycles. The molecule has 156 valence electrons. The van der Waals surface area contributed by atoms with E-state index in [-0.39, 0.29) is 19.1 Å². The molecule has 30 heavy (non-hydrogen) atoms. The summed E-state index contributed by atoms with van der Waals surface area (Å²) in [4.78, 5) is 13.4. The van der Waals surface area contributed by atoms with Crippen LogP contribution in [-0.4, -0.2) is 59.9 Å². The summed E-state index contributed by atoms with van der Waals surface area (Å²) in [7, 11) is 0. The number of aliphatic hydroxyl groups is 2. The van der Waals surface area contributed by atoms with Crippen molar-refractivity contribution in [2.45, 2.75) is 12.7 Å². The second-order valence-corrected chi connectivity index (χ2v) is 7.56. The number of hydrogen-bond acceptors (Lipinski definition) is 5. The van der Waals surface area contributed by atoms with Crippen molar-refractivity contribution in [2.24, 2.45) is 0 Å². The fourth-order valence-corrected chi connectivity index (χ4v) is 3.90. The highest BCUT2D eigenvalue weighted by Crippen LogP contribution is 2.35. The summed E-state index contributed by atoms with van der Waals surface area (Å²) in [5.74, 6) is 0.642. The van der Waals surface area contributed by atoms with E-state index in [1.165, 1.54) is 0 Å². The minimum absolute atomic E-state index is 0.0175. The first-order chi connectivity index (χ1) is 14.6. The molecule has 0 bridgehead atoms. The van der Waals surface area contributed by atoms with Gasteiger partial charge in [-0.1, -0.05) is 48.5 Å². The smallest absolute Gasteiger partial charge is 0.234 e. The van der Waals surface area contributed by atoms with Crippen molar-refractivity contribution in [2.75, 3.05) is 32.8 Å². The van der Waals surface area contributed by atoms with Gasteiger partial charge in [0, 0.05) is 19.6 Å². The number of amides is 1. The van der Waals surface area contributed by atoms with E-state index in [0.717, 1.165) is 34.0 Å². The van der Waals surface area contributed by atoms with Crippen LogP contribution in [0.4, 0.5) is 0 Å². The van der Waals surface area contributed by atoms with Crippen molar-refractivity contribution in [1.29, 1.82) is 0 Å². The first-order valence-electron chi connectivity index (χ1n) is 10.2. The number of carbonyl (C=O) groups is 1. The molecule has 1 amide bonds. The van der Waals surface area contributed by atoms with Crippen LogP contribution in [0.1, 0.15) is 5.56 Å². The number of fused-ring (bicyclic) bond motifs is 1. The number of nitrogens with one attached hydrogen (secondary N) is 1. The molecule has 1 atom stereocenters. The normalized spacial score (nSPS) is 15.7. The largest absolute Gasteiger partial charge is 0.491 e. The van der Waals surface area contributed by atoms with Gasteiger partial charge in [-0.25, -0.2) is 0 Å². The second-order valence-electron chi connectivity index (χ2n) is 7.56. The van der Waals surface area contributed by atoms with Crippen molar-refractivity contribution < 1.29 is 19.7 Å². The van der Waals surface area contributed by atoms with Crippen molar-refractivity contribution >= 4 is 16.7 Å². The van der Waals surface area contributed by atoms with Crippen LogP contribution >= 0.6 is 0 Å². The third-order valence-corrected chi connectivity index (χ3v) is 5.34. The summed E-state index contributed by atoms with van der Waals surface area (Å²) in [5, 5.41) is 25.1. The molecule has 0 spiro atoms. The molecule has 4 rings (SSSR count). The molecule has 1 heterocycles. The van der Waals surface area contributed by atoms with Crippen molar-refractivity contribution in [3.05, 3.63) is 66.2 Å². The first kappa shape index (κ1) is 20.3. The van der Waals surface area contributed by atoms with Gasteiger partial charge in [0.2, 0.25) is 5.91 Å². The lowest BCUT2D eigenvalue weighted by atomic mass is 9.94.